The molecule has 0 aromatic heterocycles. The zero-order valence-corrected chi connectivity index (χ0v) is 9.39. The molecule has 0 aromatic rings. The number of likely N-dealkylation sites (tertiary alicyclic amines) is 1. The highest BCUT2D eigenvalue weighted by atomic mass is 16.5. The third kappa shape index (κ3) is 2.69. The van der Waals surface area contributed by atoms with E-state index in [0.717, 1.165) is 26.1 Å². The molecule has 2 rings (SSSR count). The summed E-state index contributed by atoms with van der Waals surface area (Å²) in [5.41, 5.74) is 0. The van der Waals surface area contributed by atoms with E-state index < -0.39 is 0 Å². The van der Waals surface area contributed by atoms with E-state index in [1.165, 1.54) is 6.42 Å². The van der Waals surface area contributed by atoms with Crippen molar-refractivity contribution in [2.45, 2.75) is 38.0 Å². The average molecular weight is 215 g/mol. The summed E-state index contributed by atoms with van der Waals surface area (Å²) in [5.74, 6) is 0. The lowest BCUT2D eigenvalue weighted by atomic mass is 10.1. The Labute approximate surface area is 91.2 Å². The van der Waals surface area contributed by atoms with Gasteiger partial charge >= 0.3 is 0 Å². The number of rotatable bonds is 5. The Morgan fingerprint density at radius 3 is 2.80 bits per heavy atom. The fraction of sp³-hybridized carbons (Fsp3) is 1.00. The predicted octanol–water partition coefficient (Wildman–Crippen LogP) is 0.247. The molecular weight excluding hydrogens is 194 g/mol. The van der Waals surface area contributed by atoms with Crippen molar-refractivity contribution in [2.75, 3.05) is 32.9 Å². The second-order valence-electron chi connectivity index (χ2n) is 4.47. The van der Waals surface area contributed by atoms with E-state index in [2.05, 4.69) is 11.8 Å². The maximum atomic E-state index is 9.62. The summed E-state index contributed by atoms with van der Waals surface area (Å²) in [6.45, 7) is 6.11. The van der Waals surface area contributed by atoms with Crippen LogP contribution >= 0.6 is 0 Å². The zero-order chi connectivity index (χ0) is 10.7. The maximum Gasteiger partial charge on any atom is 0.0950 e. The van der Waals surface area contributed by atoms with Gasteiger partial charge in [-0.3, -0.25) is 4.90 Å². The number of hydrogen-bond acceptors (Lipinski definition) is 4. The van der Waals surface area contributed by atoms with Gasteiger partial charge in [-0.25, -0.2) is 0 Å². The molecule has 2 heterocycles. The average Bonchev–Trinajstić information content (AvgIpc) is 2.56. The van der Waals surface area contributed by atoms with E-state index in [1.807, 2.05) is 0 Å². The molecule has 15 heavy (non-hydrogen) atoms. The van der Waals surface area contributed by atoms with E-state index >= 15 is 0 Å². The van der Waals surface area contributed by atoms with Crippen LogP contribution in [0.4, 0.5) is 0 Å². The minimum atomic E-state index is -0.304. The van der Waals surface area contributed by atoms with Crippen LogP contribution < -0.4 is 0 Å². The fourth-order valence-corrected chi connectivity index (χ4v) is 2.12. The van der Waals surface area contributed by atoms with Crippen molar-refractivity contribution in [1.82, 2.24) is 4.90 Å². The molecule has 2 aliphatic heterocycles. The molecule has 4 heteroatoms. The first-order valence-corrected chi connectivity index (χ1v) is 5.92. The minimum absolute atomic E-state index is 0.205. The SMILES string of the molecule is CCCCOC1CN([C@@H]2COC[C@H]2O)C1. The lowest BCUT2D eigenvalue weighted by Gasteiger charge is -2.43. The molecule has 2 saturated heterocycles. The van der Waals surface area contributed by atoms with Gasteiger partial charge in [0, 0.05) is 19.7 Å². The van der Waals surface area contributed by atoms with Gasteiger partial charge < -0.3 is 14.6 Å². The van der Waals surface area contributed by atoms with Gasteiger partial charge in [0.05, 0.1) is 31.5 Å². The smallest absolute Gasteiger partial charge is 0.0950 e. The Balaban J connectivity index is 1.61. The Bertz CT molecular complexity index is 194. The van der Waals surface area contributed by atoms with Crippen molar-refractivity contribution < 1.29 is 14.6 Å². The number of aliphatic hydroxyl groups is 1. The summed E-state index contributed by atoms with van der Waals surface area (Å²) >= 11 is 0. The number of hydrogen-bond donors (Lipinski definition) is 1. The Morgan fingerprint density at radius 2 is 2.20 bits per heavy atom. The van der Waals surface area contributed by atoms with Crippen LogP contribution in [0, 0.1) is 0 Å². The van der Waals surface area contributed by atoms with Crippen LogP contribution in [0.3, 0.4) is 0 Å². The van der Waals surface area contributed by atoms with Gasteiger partial charge in [-0.2, -0.15) is 0 Å². The number of nitrogens with zero attached hydrogens (tertiary/aromatic N) is 1. The first kappa shape index (κ1) is 11.3. The molecule has 4 nitrogen and oxygen atoms in total. The first-order valence-electron chi connectivity index (χ1n) is 5.92. The maximum absolute atomic E-state index is 9.62. The first-order chi connectivity index (χ1) is 7.31. The minimum Gasteiger partial charge on any atom is -0.389 e. The summed E-state index contributed by atoms with van der Waals surface area (Å²) in [6.07, 6.45) is 2.41. The molecule has 0 radical (unpaired) electrons. The van der Waals surface area contributed by atoms with Crippen molar-refractivity contribution in [1.29, 1.82) is 0 Å². The standard InChI is InChI=1S/C11H21NO3/c1-2-3-4-15-9-5-12(6-9)10-7-14-8-11(10)13/h9-11,13H,2-8H2,1H3/t10-,11-/m1/s1. The van der Waals surface area contributed by atoms with Crippen molar-refractivity contribution >= 4 is 0 Å². The van der Waals surface area contributed by atoms with E-state index in [4.69, 9.17) is 9.47 Å². The highest BCUT2D eigenvalue weighted by Gasteiger charge is 2.39. The Kier molecular flexibility index (Phi) is 3.97. The van der Waals surface area contributed by atoms with Crippen molar-refractivity contribution in [3.8, 4) is 0 Å². The molecule has 0 unspecified atom stereocenters. The van der Waals surface area contributed by atoms with Crippen molar-refractivity contribution in [3.63, 3.8) is 0 Å². The van der Waals surface area contributed by atoms with E-state index in [-0.39, 0.29) is 12.1 Å². The normalized spacial score (nSPS) is 33.2. The number of aliphatic hydroxyl groups excluding tert-OH is 1. The predicted molar refractivity (Wildman–Crippen MR) is 56.8 cm³/mol. The molecule has 2 atom stereocenters. The number of unbranched alkanes of at least 4 members (excludes halogenated alkanes) is 1. The van der Waals surface area contributed by atoms with E-state index in [9.17, 15) is 5.11 Å². The van der Waals surface area contributed by atoms with Crippen LogP contribution in [0.15, 0.2) is 0 Å². The second-order valence-corrected chi connectivity index (χ2v) is 4.47. The monoisotopic (exact) mass is 215 g/mol. The molecule has 0 spiro atoms. The van der Waals surface area contributed by atoms with Crippen LogP contribution in [0.5, 0.6) is 0 Å². The summed E-state index contributed by atoms with van der Waals surface area (Å²) in [4.78, 5) is 2.26. The number of ether oxygens (including phenoxy) is 2. The molecule has 2 aliphatic rings. The molecule has 0 bridgehead atoms. The van der Waals surface area contributed by atoms with Gasteiger partial charge in [0.1, 0.15) is 0 Å². The van der Waals surface area contributed by atoms with Gasteiger partial charge in [0.25, 0.3) is 0 Å². The molecule has 0 aliphatic carbocycles. The van der Waals surface area contributed by atoms with Gasteiger partial charge in [-0.1, -0.05) is 13.3 Å². The van der Waals surface area contributed by atoms with Crippen LogP contribution in [-0.2, 0) is 9.47 Å². The third-order valence-electron chi connectivity index (χ3n) is 3.22. The Hall–Kier alpha value is -0.160. The summed E-state index contributed by atoms with van der Waals surface area (Å²) in [6, 6.07) is 0.205. The molecule has 0 amide bonds. The molecule has 0 saturated carbocycles. The quantitative estimate of drug-likeness (QED) is 0.667. The van der Waals surface area contributed by atoms with Gasteiger partial charge in [-0.05, 0) is 6.42 Å². The highest BCUT2D eigenvalue weighted by Crippen LogP contribution is 2.21. The van der Waals surface area contributed by atoms with Crippen molar-refractivity contribution in [3.05, 3.63) is 0 Å². The van der Waals surface area contributed by atoms with E-state index in [0.29, 0.717) is 19.3 Å². The fourth-order valence-electron chi connectivity index (χ4n) is 2.12. The summed E-state index contributed by atoms with van der Waals surface area (Å²) in [7, 11) is 0. The van der Waals surface area contributed by atoms with Crippen LogP contribution in [-0.4, -0.2) is 61.2 Å². The summed E-state index contributed by atoms with van der Waals surface area (Å²) in [5, 5.41) is 9.62. The largest absolute Gasteiger partial charge is 0.389 e. The van der Waals surface area contributed by atoms with Crippen molar-refractivity contribution in [2.24, 2.45) is 0 Å². The molecule has 1 N–H and O–H groups in total. The second kappa shape index (κ2) is 5.25. The third-order valence-corrected chi connectivity index (χ3v) is 3.22. The lowest BCUT2D eigenvalue weighted by molar-refractivity contribution is -0.0853. The summed E-state index contributed by atoms with van der Waals surface area (Å²) < 4.78 is 10.9. The van der Waals surface area contributed by atoms with Crippen LogP contribution in [0.2, 0.25) is 0 Å². The van der Waals surface area contributed by atoms with Crippen LogP contribution in [0.1, 0.15) is 19.8 Å². The van der Waals surface area contributed by atoms with Gasteiger partial charge in [0.2, 0.25) is 0 Å². The molecule has 88 valence electrons. The van der Waals surface area contributed by atoms with Gasteiger partial charge in [0.15, 0.2) is 0 Å². The highest BCUT2D eigenvalue weighted by molar-refractivity contribution is 4.92. The lowest BCUT2D eigenvalue weighted by Crippen LogP contribution is -2.59. The molecule has 2 fully saturated rings. The Morgan fingerprint density at radius 1 is 1.40 bits per heavy atom. The molecular formula is C11H21NO3. The zero-order valence-electron chi connectivity index (χ0n) is 9.39. The van der Waals surface area contributed by atoms with Gasteiger partial charge in [-0.15, -0.1) is 0 Å². The van der Waals surface area contributed by atoms with E-state index in [1.54, 1.807) is 0 Å². The van der Waals surface area contributed by atoms with Crippen LogP contribution in [0.25, 0.3) is 0 Å². The molecule has 0 aromatic carbocycles. The topological polar surface area (TPSA) is 41.9 Å².